The maximum absolute atomic E-state index is 2.28. The molecule has 0 heterocycles. The molecule has 0 spiro atoms. The first-order chi connectivity index (χ1) is 6.79. The molecule has 2 rings (SSSR count). The fraction of sp³-hybridized carbons (Fsp3) is 0. The summed E-state index contributed by atoms with van der Waals surface area (Å²) in [5.74, 6) is 0. The number of benzene rings is 2. The smallest absolute Gasteiger partial charge is 0.0130 e. The van der Waals surface area contributed by atoms with Gasteiger partial charge in [-0.3, -0.25) is 0 Å². The molecule has 88 valence electrons. The summed E-state index contributed by atoms with van der Waals surface area (Å²) in [7, 11) is 0. The van der Waals surface area contributed by atoms with Gasteiger partial charge in [-0.2, -0.15) is 0 Å². The fourth-order valence-electron chi connectivity index (χ4n) is 0.829. The summed E-state index contributed by atoms with van der Waals surface area (Å²) in [6, 6.07) is 20.4. The highest BCUT2D eigenvalue weighted by molar-refractivity contribution is 14.1. The van der Waals surface area contributed by atoms with Crippen LogP contribution in [0.2, 0.25) is 0 Å². The van der Waals surface area contributed by atoms with Crippen LogP contribution in [0.25, 0.3) is 0 Å². The molecule has 4 heteroatoms. The lowest BCUT2D eigenvalue weighted by molar-refractivity contribution is -0.001000. The molecule has 2 aromatic rings. The molecule has 0 saturated heterocycles. The Morgan fingerprint density at radius 2 is 0.750 bits per heavy atom. The van der Waals surface area contributed by atoms with Crippen molar-refractivity contribution in [3.8, 4) is 0 Å². The molecule has 0 aliphatic heterocycles. The topological polar surface area (TPSA) is 0 Å². The predicted octanol–water partition coefficient (Wildman–Crippen LogP) is -1.41. The second kappa shape index (κ2) is 12.0. The standard InChI is InChI=1S/2C6H5I.2ClH/c2*7-6-4-2-1-3-5-6;;/h2*1-5H;2*1H/p-2. The minimum Gasteiger partial charge on any atom is -1.00 e. The maximum atomic E-state index is 2.28. The lowest BCUT2D eigenvalue weighted by Gasteiger charge is -1.80. The number of hydrogen-bond acceptors (Lipinski definition) is 0. The molecule has 0 unspecified atom stereocenters. The van der Waals surface area contributed by atoms with Gasteiger partial charge in [-0.05, 0) is 69.4 Å². The van der Waals surface area contributed by atoms with Crippen LogP contribution in [0.4, 0.5) is 0 Å². The Balaban J connectivity index is 0. The summed E-state index contributed by atoms with van der Waals surface area (Å²) >= 11 is 4.56. The van der Waals surface area contributed by atoms with Crippen LogP contribution in [0.15, 0.2) is 60.7 Å². The van der Waals surface area contributed by atoms with E-state index in [9.17, 15) is 0 Å². The Kier molecular flexibility index (Phi) is 14.1. The third-order valence-electron chi connectivity index (χ3n) is 1.47. The predicted molar refractivity (Wildman–Crippen MR) is 78.3 cm³/mol. The van der Waals surface area contributed by atoms with Gasteiger partial charge in [0, 0.05) is 7.14 Å². The molecule has 0 saturated carbocycles. The first-order valence-corrected chi connectivity index (χ1v) is 6.36. The lowest BCUT2D eigenvalue weighted by atomic mass is 10.4. The third kappa shape index (κ3) is 9.69. The zero-order chi connectivity index (χ0) is 10.2. The molecule has 0 amide bonds. The molecule has 0 aromatic heterocycles. The van der Waals surface area contributed by atoms with E-state index in [0.717, 1.165) is 0 Å². The van der Waals surface area contributed by atoms with Crippen molar-refractivity contribution in [3.63, 3.8) is 0 Å². The van der Waals surface area contributed by atoms with E-state index in [1.807, 2.05) is 36.4 Å². The quantitative estimate of drug-likeness (QED) is 0.408. The molecule has 0 aliphatic carbocycles. The zero-order valence-electron chi connectivity index (χ0n) is 8.29. The van der Waals surface area contributed by atoms with E-state index >= 15 is 0 Å². The van der Waals surface area contributed by atoms with Crippen LogP contribution < -0.4 is 24.8 Å². The van der Waals surface area contributed by atoms with Gasteiger partial charge in [-0.1, -0.05) is 36.4 Å². The summed E-state index contributed by atoms with van der Waals surface area (Å²) in [6.07, 6.45) is 0. The molecular weight excluding hydrogens is 469 g/mol. The molecule has 0 N–H and O–H groups in total. The van der Waals surface area contributed by atoms with Crippen molar-refractivity contribution in [1.29, 1.82) is 0 Å². The van der Waals surface area contributed by atoms with Crippen LogP contribution >= 0.6 is 45.2 Å². The molecular formula is C12H10Cl2I2-2. The molecule has 2 aromatic carbocycles. The van der Waals surface area contributed by atoms with Crippen molar-refractivity contribution < 1.29 is 24.8 Å². The normalized spacial score (nSPS) is 7.62. The largest absolute Gasteiger partial charge is 1.00 e. The van der Waals surface area contributed by atoms with Gasteiger partial charge in [0.15, 0.2) is 0 Å². The Morgan fingerprint density at radius 1 is 0.500 bits per heavy atom. The van der Waals surface area contributed by atoms with E-state index in [2.05, 4.69) is 69.4 Å². The Bertz CT molecular complexity index is 314. The van der Waals surface area contributed by atoms with Crippen LogP contribution in [0.5, 0.6) is 0 Å². The minimum atomic E-state index is 0. The fourth-order valence-corrected chi connectivity index (χ4v) is 1.66. The molecule has 16 heavy (non-hydrogen) atoms. The Labute approximate surface area is 136 Å². The van der Waals surface area contributed by atoms with Gasteiger partial charge in [0.2, 0.25) is 0 Å². The van der Waals surface area contributed by atoms with E-state index in [1.165, 1.54) is 7.14 Å². The zero-order valence-corrected chi connectivity index (χ0v) is 14.1. The van der Waals surface area contributed by atoms with Gasteiger partial charge in [-0.25, -0.2) is 0 Å². The summed E-state index contributed by atoms with van der Waals surface area (Å²) in [5, 5.41) is 0. The van der Waals surface area contributed by atoms with E-state index < -0.39 is 0 Å². The van der Waals surface area contributed by atoms with Gasteiger partial charge < -0.3 is 24.8 Å². The minimum absolute atomic E-state index is 0. The molecule has 0 nitrogen and oxygen atoms in total. The van der Waals surface area contributed by atoms with Crippen LogP contribution in [-0.2, 0) is 0 Å². The highest BCUT2D eigenvalue weighted by Crippen LogP contribution is 2.00. The van der Waals surface area contributed by atoms with Crippen molar-refractivity contribution in [2.45, 2.75) is 0 Å². The third-order valence-corrected chi connectivity index (χ3v) is 2.90. The molecule has 0 atom stereocenters. The van der Waals surface area contributed by atoms with Crippen LogP contribution in [0.1, 0.15) is 0 Å². The van der Waals surface area contributed by atoms with E-state index in [-0.39, 0.29) is 24.8 Å². The molecule has 0 radical (unpaired) electrons. The van der Waals surface area contributed by atoms with Crippen LogP contribution in [0.3, 0.4) is 0 Å². The number of rotatable bonds is 0. The van der Waals surface area contributed by atoms with Gasteiger partial charge >= 0.3 is 0 Å². The van der Waals surface area contributed by atoms with Gasteiger partial charge in [0.05, 0.1) is 0 Å². The van der Waals surface area contributed by atoms with Crippen LogP contribution in [0, 0.1) is 7.14 Å². The molecule has 0 fully saturated rings. The van der Waals surface area contributed by atoms with Crippen molar-refractivity contribution in [2.75, 3.05) is 0 Å². The molecule has 0 bridgehead atoms. The first-order valence-electron chi connectivity index (χ1n) is 4.20. The van der Waals surface area contributed by atoms with Gasteiger partial charge in [-0.15, -0.1) is 0 Å². The highest BCUT2D eigenvalue weighted by Gasteiger charge is 1.74. The first kappa shape index (κ1) is 18.8. The van der Waals surface area contributed by atoms with Crippen LogP contribution in [-0.4, -0.2) is 0 Å². The van der Waals surface area contributed by atoms with Crippen molar-refractivity contribution >= 4 is 45.2 Å². The monoisotopic (exact) mass is 478 g/mol. The second-order valence-corrected chi connectivity index (χ2v) is 5.08. The number of halogens is 4. The van der Waals surface area contributed by atoms with Gasteiger partial charge in [0.25, 0.3) is 0 Å². The van der Waals surface area contributed by atoms with E-state index in [4.69, 9.17) is 0 Å². The summed E-state index contributed by atoms with van der Waals surface area (Å²) < 4.78 is 2.58. The van der Waals surface area contributed by atoms with Crippen molar-refractivity contribution in [2.24, 2.45) is 0 Å². The van der Waals surface area contributed by atoms with Gasteiger partial charge in [0.1, 0.15) is 0 Å². The SMILES string of the molecule is Ic1ccccc1.Ic1ccccc1.[Cl-].[Cl-]. The van der Waals surface area contributed by atoms with E-state index in [1.54, 1.807) is 0 Å². The summed E-state index contributed by atoms with van der Waals surface area (Å²) in [4.78, 5) is 0. The lowest BCUT2D eigenvalue weighted by Crippen LogP contribution is -3.00. The maximum Gasteiger partial charge on any atom is 0.0130 e. The van der Waals surface area contributed by atoms with Crippen molar-refractivity contribution in [3.05, 3.63) is 67.8 Å². The molecule has 0 aliphatic rings. The summed E-state index contributed by atoms with van der Waals surface area (Å²) in [5.41, 5.74) is 0. The number of hydrogen-bond donors (Lipinski definition) is 0. The highest BCUT2D eigenvalue weighted by atomic mass is 127. The Hall–Kier alpha value is 0.480. The Morgan fingerprint density at radius 3 is 0.875 bits per heavy atom. The average molecular weight is 479 g/mol. The van der Waals surface area contributed by atoms with E-state index in [0.29, 0.717) is 0 Å². The summed E-state index contributed by atoms with van der Waals surface area (Å²) in [6.45, 7) is 0. The van der Waals surface area contributed by atoms with Crippen molar-refractivity contribution in [1.82, 2.24) is 0 Å². The average Bonchev–Trinajstić information content (AvgIpc) is 2.21. The second-order valence-electron chi connectivity index (χ2n) is 2.59.